The van der Waals surface area contributed by atoms with Crippen molar-refractivity contribution in [2.75, 3.05) is 0 Å². The van der Waals surface area contributed by atoms with Crippen molar-refractivity contribution in [3.8, 4) is 0 Å². The molecule has 0 saturated heterocycles. The van der Waals surface area contributed by atoms with Gasteiger partial charge in [-0.15, -0.1) is 0 Å². The second kappa shape index (κ2) is 4.20. The summed E-state index contributed by atoms with van der Waals surface area (Å²) >= 11 is 0. The van der Waals surface area contributed by atoms with Gasteiger partial charge in [-0.25, -0.2) is 0 Å². The van der Waals surface area contributed by atoms with Crippen LogP contribution in [-0.2, 0) is 6.18 Å². The van der Waals surface area contributed by atoms with Crippen LogP contribution in [0.15, 0.2) is 24.3 Å². The van der Waals surface area contributed by atoms with E-state index >= 15 is 0 Å². The lowest BCUT2D eigenvalue weighted by molar-refractivity contribution is -0.137. The maximum atomic E-state index is 12.2. The number of hydrogen-bond acceptors (Lipinski definition) is 2. The topological polar surface area (TPSA) is 40.5 Å². The van der Waals surface area contributed by atoms with Crippen molar-refractivity contribution in [3.63, 3.8) is 0 Å². The average Bonchev–Trinajstić information content (AvgIpc) is 2.15. The Labute approximate surface area is 85.0 Å². The highest BCUT2D eigenvalue weighted by Crippen LogP contribution is 2.30. The van der Waals surface area contributed by atoms with E-state index in [9.17, 15) is 18.3 Å². The minimum absolute atomic E-state index is 0.262. The molecule has 0 saturated carbocycles. The van der Waals surface area contributed by atoms with Gasteiger partial charge in [0, 0.05) is 0 Å². The van der Waals surface area contributed by atoms with Crippen molar-refractivity contribution in [1.82, 2.24) is 0 Å². The van der Waals surface area contributed by atoms with E-state index < -0.39 is 23.9 Å². The molecule has 1 aromatic rings. The first kappa shape index (κ1) is 12.0. The Kier molecular flexibility index (Phi) is 3.36. The van der Waals surface area contributed by atoms with Crippen LogP contribution in [0.3, 0.4) is 0 Å². The summed E-state index contributed by atoms with van der Waals surface area (Å²) in [6.07, 6.45) is -6.55. The van der Waals surface area contributed by atoms with E-state index in [-0.39, 0.29) is 5.56 Å². The standard InChI is InChI=1S/C10H11F3O2/c1-6(14)9(15)7-2-4-8(5-3-7)10(11,12)13/h2-6,9,14-15H,1H3/t6?,9-/m0/s1. The van der Waals surface area contributed by atoms with Gasteiger partial charge in [0.1, 0.15) is 6.10 Å². The van der Waals surface area contributed by atoms with Crippen LogP contribution in [0.2, 0.25) is 0 Å². The van der Waals surface area contributed by atoms with Gasteiger partial charge in [0.15, 0.2) is 0 Å². The van der Waals surface area contributed by atoms with Gasteiger partial charge in [-0.2, -0.15) is 13.2 Å². The minimum atomic E-state index is -4.38. The zero-order valence-corrected chi connectivity index (χ0v) is 7.99. The van der Waals surface area contributed by atoms with Crippen LogP contribution in [0.25, 0.3) is 0 Å². The molecule has 1 rings (SSSR count). The molecule has 0 aliphatic carbocycles. The second-order valence-corrected chi connectivity index (χ2v) is 3.31. The van der Waals surface area contributed by atoms with Crippen molar-refractivity contribution in [3.05, 3.63) is 35.4 Å². The molecule has 2 N–H and O–H groups in total. The van der Waals surface area contributed by atoms with Gasteiger partial charge < -0.3 is 10.2 Å². The van der Waals surface area contributed by atoms with Crippen LogP contribution in [0, 0.1) is 0 Å². The van der Waals surface area contributed by atoms with Crippen LogP contribution in [0.4, 0.5) is 13.2 Å². The predicted octanol–water partition coefficient (Wildman–Crippen LogP) is 2.12. The Hall–Kier alpha value is -1.07. The van der Waals surface area contributed by atoms with Crippen LogP contribution in [-0.4, -0.2) is 16.3 Å². The fourth-order valence-electron chi connectivity index (χ4n) is 1.15. The third kappa shape index (κ3) is 2.94. The van der Waals surface area contributed by atoms with Gasteiger partial charge in [-0.05, 0) is 24.6 Å². The number of aliphatic hydroxyl groups is 2. The first-order chi connectivity index (χ1) is 6.82. The molecule has 0 aliphatic heterocycles. The first-order valence-corrected chi connectivity index (χ1v) is 4.35. The summed E-state index contributed by atoms with van der Waals surface area (Å²) in [6.45, 7) is 1.36. The summed E-state index contributed by atoms with van der Waals surface area (Å²) in [5.41, 5.74) is -0.512. The molecule has 0 bridgehead atoms. The Morgan fingerprint density at radius 1 is 1.07 bits per heavy atom. The number of aliphatic hydroxyl groups excluding tert-OH is 2. The third-order valence-corrected chi connectivity index (χ3v) is 2.04. The normalized spacial score (nSPS) is 16.1. The Balaban J connectivity index is 2.91. The van der Waals surface area contributed by atoms with Crippen molar-refractivity contribution >= 4 is 0 Å². The molecule has 1 aromatic carbocycles. The summed E-state index contributed by atoms with van der Waals surface area (Å²) < 4.78 is 36.5. The Bertz CT molecular complexity index is 316. The molecular formula is C10H11F3O2. The molecule has 2 nitrogen and oxygen atoms in total. The highest BCUT2D eigenvalue weighted by molar-refractivity contribution is 5.26. The number of halogens is 3. The molecule has 2 atom stereocenters. The molecule has 1 unspecified atom stereocenters. The lowest BCUT2D eigenvalue weighted by Gasteiger charge is -2.14. The number of rotatable bonds is 2. The Morgan fingerprint density at radius 3 is 1.87 bits per heavy atom. The summed E-state index contributed by atoms with van der Waals surface area (Å²) in [5.74, 6) is 0. The van der Waals surface area contributed by atoms with Crippen LogP contribution >= 0.6 is 0 Å². The summed E-state index contributed by atoms with van der Waals surface area (Å²) in [4.78, 5) is 0. The SMILES string of the molecule is CC(O)[C@H](O)c1ccc(C(F)(F)F)cc1. The van der Waals surface area contributed by atoms with E-state index in [1.54, 1.807) is 0 Å². The van der Waals surface area contributed by atoms with Crippen molar-refractivity contribution in [2.24, 2.45) is 0 Å². The maximum absolute atomic E-state index is 12.2. The molecule has 15 heavy (non-hydrogen) atoms. The average molecular weight is 220 g/mol. The fourth-order valence-corrected chi connectivity index (χ4v) is 1.15. The van der Waals surface area contributed by atoms with Gasteiger partial charge in [0.2, 0.25) is 0 Å². The third-order valence-electron chi connectivity index (χ3n) is 2.04. The monoisotopic (exact) mass is 220 g/mol. The molecule has 0 fully saturated rings. The summed E-state index contributed by atoms with van der Waals surface area (Å²) in [6, 6.07) is 4.06. The molecule has 0 aromatic heterocycles. The van der Waals surface area contributed by atoms with Crippen molar-refractivity contribution in [2.45, 2.75) is 25.3 Å². The second-order valence-electron chi connectivity index (χ2n) is 3.31. The number of hydrogen-bond donors (Lipinski definition) is 2. The molecule has 0 amide bonds. The van der Waals surface area contributed by atoms with E-state index in [1.165, 1.54) is 6.92 Å². The van der Waals surface area contributed by atoms with E-state index in [2.05, 4.69) is 0 Å². The van der Waals surface area contributed by atoms with E-state index in [0.29, 0.717) is 0 Å². The van der Waals surface area contributed by atoms with Gasteiger partial charge >= 0.3 is 6.18 Å². The quantitative estimate of drug-likeness (QED) is 0.801. The summed E-state index contributed by atoms with van der Waals surface area (Å²) in [5, 5.41) is 18.4. The first-order valence-electron chi connectivity index (χ1n) is 4.35. The smallest absolute Gasteiger partial charge is 0.390 e. The molecule has 0 radical (unpaired) electrons. The van der Waals surface area contributed by atoms with E-state index in [0.717, 1.165) is 24.3 Å². The number of benzene rings is 1. The van der Waals surface area contributed by atoms with Gasteiger partial charge in [0.05, 0.1) is 11.7 Å². The molecule has 84 valence electrons. The molecule has 0 spiro atoms. The zero-order chi connectivity index (χ0) is 11.6. The maximum Gasteiger partial charge on any atom is 0.416 e. The molecule has 0 aliphatic rings. The molecule has 5 heteroatoms. The highest BCUT2D eigenvalue weighted by atomic mass is 19.4. The van der Waals surface area contributed by atoms with E-state index in [4.69, 9.17) is 5.11 Å². The summed E-state index contributed by atoms with van der Waals surface area (Å²) in [7, 11) is 0. The highest BCUT2D eigenvalue weighted by Gasteiger charge is 2.30. The van der Waals surface area contributed by atoms with Crippen molar-refractivity contribution < 1.29 is 23.4 Å². The predicted molar refractivity (Wildman–Crippen MR) is 48.1 cm³/mol. The zero-order valence-electron chi connectivity index (χ0n) is 7.99. The van der Waals surface area contributed by atoms with Gasteiger partial charge in [-0.3, -0.25) is 0 Å². The lowest BCUT2D eigenvalue weighted by Crippen LogP contribution is -2.14. The van der Waals surface area contributed by atoms with Gasteiger partial charge in [-0.1, -0.05) is 12.1 Å². The molecular weight excluding hydrogens is 209 g/mol. The van der Waals surface area contributed by atoms with Crippen LogP contribution in [0.5, 0.6) is 0 Å². The minimum Gasteiger partial charge on any atom is -0.390 e. The fraction of sp³-hybridized carbons (Fsp3) is 0.400. The number of alkyl halides is 3. The van der Waals surface area contributed by atoms with E-state index in [1.807, 2.05) is 0 Å². The van der Waals surface area contributed by atoms with Crippen molar-refractivity contribution in [1.29, 1.82) is 0 Å². The molecule has 0 heterocycles. The lowest BCUT2D eigenvalue weighted by atomic mass is 10.0. The Morgan fingerprint density at radius 2 is 1.53 bits per heavy atom. The van der Waals surface area contributed by atoms with Crippen LogP contribution in [0.1, 0.15) is 24.2 Å². The van der Waals surface area contributed by atoms with Gasteiger partial charge in [0.25, 0.3) is 0 Å². The largest absolute Gasteiger partial charge is 0.416 e. The van der Waals surface area contributed by atoms with Crippen LogP contribution < -0.4 is 0 Å².